The molecule has 2 aliphatic heterocycles. The molecule has 0 aromatic carbocycles. The van der Waals surface area contributed by atoms with Gasteiger partial charge in [-0.2, -0.15) is 0 Å². The second-order valence-electron chi connectivity index (χ2n) is 4.77. The van der Waals surface area contributed by atoms with E-state index in [2.05, 4.69) is 22.1 Å². The Morgan fingerprint density at radius 2 is 2.35 bits per heavy atom. The number of methoxy groups -OCH3 is 1. The zero-order chi connectivity index (χ0) is 11.7. The van der Waals surface area contributed by atoms with Crippen LogP contribution < -0.4 is 10.1 Å². The molecule has 3 unspecified atom stereocenters. The van der Waals surface area contributed by atoms with Crippen LogP contribution in [0.3, 0.4) is 0 Å². The Morgan fingerprint density at radius 3 is 3.06 bits per heavy atom. The van der Waals surface area contributed by atoms with Crippen LogP contribution in [0.2, 0.25) is 0 Å². The molecule has 2 aliphatic rings. The molecule has 3 rings (SSSR count). The number of aromatic nitrogens is 1. The van der Waals surface area contributed by atoms with Crippen LogP contribution in [0, 0.1) is 17.8 Å². The average molecular weight is 228 g/mol. The molecule has 0 aliphatic carbocycles. The van der Waals surface area contributed by atoms with E-state index in [1.807, 2.05) is 6.07 Å². The number of rotatable bonds is 1. The number of nitrogens with zero attached hydrogens (tertiary/aromatic N) is 1. The van der Waals surface area contributed by atoms with Crippen molar-refractivity contribution < 1.29 is 4.74 Å². The summed E-state index contributed by atoms with van der Waals surface area (Å²) < 4.78 is 5.13. The average Bonchev–Trinajstić information content (AvgIpc) is 2.99. The molecule has 3 heteroatoms. The Bertz CT molecular complexity index is 475. The van der Waals surface area contributed by atoms with E-state index in [9.17, 15) is 0 Å². The summed E-state index contributed by atoms with van der Waals surface area (Å²) >= 11 is 0. The molecule has 3 nitrogen and oxygen atoms in total. The first-order chi connectivity index (χ1) is 8.35. The van der Waals surface area contributed by atoms with Crippen molar-refractivity contribution in [2.45, 2.75) is 31.3 Å². The minimum Gasteiger partial charge on any atom is -0.495 e. The summed E-state index contributed by atoms with van der Waals surface area (Å²) in [6.45, 7) is 0. The van der Waals surface area contributed by atoms with Crippen LogP contribution in [0.5, 0.6) is 5.75 Å². The largest absolute Gasteiger partial charge is 0.495 e. The number of pyridine rings is 1. The van der Waals surface area contributed by atoms with Gasteiger partial charge in [0.05, 0.1) is 13.3 Å². The van der Waals surface area contributed by atoms with Gasteiger partial charge in [-0.25, -0.2) is 0 Å². The highest BCUT2D eigenvalue weighted by molar-refractivity contribution is 5.37. The molecule has 17 heavy (non-hydrogen) atoms. The smallest absolute Gasteiger partial charge is 0.138 e. The summed E-state index contributed by atoms with van der Waals surface area (Å²) in [5.74, 6) is 7.87. The molecular weight excluding hydrogens is 212 g/mol. The Labute approximate surface area is 102 Å². The van der Waals surface area contributed by atoms with Gasteiger partial charge in [-0.05, 0) is 25.3 Å². The summed E-state index contributed by atoms with van der Waals surface area (Å²) in [7, 11) is 1.65. The van der Waals surface area contributed by atoms with Gasteiger partial charge in [-0.1, -0.05) is 11.8 Å². The lowest BCUT2D eigenvalue weighted by molar-refractivity contribution is 0.413. The van der Waals surface area contributed by atoms with Crippen molar-refractivity contribution in [2.75, 3.05) is 7.11 Å². The standard InChI is InChI=1S/C14H16N2O/c1-17-13-6-10(8-15-9-13)2-3-11-7-12-4-5-14(11)16-12/h6,8-9,11-12,14,16H,4-5,7H2,1H3. The van der Waals surface area contributed by atoms with Gasteiger partial charge in [0, 0.05) is 29.8 Å². The topological polar surface area (TPSA) is 34.1 Å². The lowest BCUT2D eigenvalue weighted by Crippen LogP contribution is -2.21. The molecule has 0 amide bonds. The molecule has 0 radical (unpaired) electrons. The van der Waals surface area contributed by atoms with Gasteiger partial charge in [-0.15, -0.1) is 0 Å². The predicted octanol–water partition coefficient (Wildman–Crippen LogP) is 1.58. The van der Waals surface area contributed by atoms with Gasteiger partial charge < -0.3 is 10.1 Å². The summed E-state index contributed by atoms with van der Waals surface area (Å²) in [5, 5.41) is 3.59. The molecule has 0 saturated carbocycles. The second kappa shape index (κ2) is 4.38. The third-order valence-electron chi connectivity index (χ3n) is 3.65. The number of ether oxygens (including phenoxy) is 1. The molecule has 88 valence electrons. The Morgan fingerprint density at radius 1 is 1.41 bits per heavy atom. The highest BCUT2D eigenvalue weighted by Gasteiger charge is 2.37. The van der Waals surface area contributed by atoms with Crippen LogP contribution in [-0.2, 0) is 0 Å². The van der Waals surface area contributed by atoms with Gasteiger partial charge in [0.15, 0.2) is 0 Å². The van der Waals surface area contributed by atoms with Gasteiger partial charge >= 0.3 is 0 Å². The van der Waals surface area contributed by atoms with Crippen molar-refractivity contribution in [1.29, 1.82) is 0 Å². The highest BCUT2D eigenvalue weighted by atomic mass is 16.5. The minimum atomic E-state index is 0.514. The number of fused-ring (bicyclic) bond motifs is 2. The second-order valence-corrected chi connectivity index (χ2v) is 4.77. The van der Waals surface area contributed by atoms with E-state index in [-0.39, 0.29) is 0 Å². The van der Waals surface area contributed by atoms with Gasteiger partial charge in [-0.3, -0.25) is 4.98 Å². The molecule has 2 fully saturated rings. The van der Waals surface area contributed by atoms with Crippen molar-refractivity contribution in [1.82, 2.24) is 10.3 Å². The van der Waals surface area contributed by atoms with Crippen LogP contribution in [0.4, 0.5) is 0 Å². The first kappa shape index (κ1) is 10.6. The summed E-state index contributed by atoms with van der Waals surface area (Å²) in [6.07, 6.45) is 7.29. The highest BCUT2D eigenvalue weighted by Crippen LogP contribution is 2.32. The molecular formula is C14H16N2O. The fraction of sp³-hybridized carbons (Fsp3) is 0.500. The van der Waals surface area contributed by atoms with Crippen LogP contribution in [0.25, 0.3) is 0 Å². The molecule has 1 aromatic rings. The van der Waals surface area contributed by atoms with E-state index >= 15 is 0 Å². The lowest BCUT2D eigenvalue weighted by atomic mass is 9.89. The summed E-state index contributed by atoms with van der Waals surface area (Å²) in [5.41, 5.74) is 0.937. The molecule has 3 heterocycles. The van der Waals surface area contributed by atoms with Gasteiger partial charge in [0.25, 0.3) is 0 Å². The van der Waals surface area contributed by atoms with Crippen molar-refractivity contribution >= 4 is 0 Å². The zero-order valence-electron chi connectivity index (χ0n) is 9.94. The summed E-state index contributed by atoms with van der Waals surface area (Å²) in [4.78, 5) is 4.11. The number of nitrogens with one attached hydrogen (secondary N) is 1. The fourth-order valence-corrected chi connectivity index (χ4v) is 2.76. The van der Waals surface area contributed by atoms with Crippen molar-refractivity contribution in [3.63, 3.8) is 0 Å². The fourth-order valence-electron chi connectivity index (χ4n) is 2.76. The third kappa shape index (κ3) is 2.13. The molecule has 2 saturated heterocycles. The zero-order valence-corrected chi connectivity index (χ0v) is 9.94. The van der Waals surface area contributed by atoms with E-state index in [1.165, 1.54) is 19.3 Å². The van der Waals surface area contributed by atoms with Crippen molar-refractivity contribution in [3.8, 4) is 17.6 Å². The SMILES string of the molecule is COc1cncc(C#CC2CC3CCC2N3)c1. The van der Waals surface area contributed by atoms with Crippen molar-refractivity contribution in [2.24, 2.45) is 5.92 Å². The predicted molar refractivity (Wildman–Crippen MR) is 65.7 cm³/mol. The van der Waals surface area contributed by atoms with Crippen LogP contribution >= 0.6 is 0 Å². The number of hydrogen-bond donors (Lipinski definition) is 1. The molecule has 1 aromatic heterocycles. The lowest BCUT2D eigenvalue weighted by Gasteiger charge is -2.13. The quantitative estimate of drug-likeness (QED) is 0.741. The van der Waals surface area contributed by atoms with E-state index in [1.54, 1.807) is 19.5 Å². The Balaban J connectivity index is 1.74. The van der Waals surface area contributed by atoms with Crippen LogP contribution in [0.1, 0.15) is 24.8 Å². The summed E-state index contributed by atoms with van der Waals surface area (Å²) in [6, 6.07) is 3.26. The van der Waals surface area contributed by atoms with Crippen LogP contribution in [0.15, 0.2) is 18.5 Å². The van der Waals surface area contributed by atoms with Gasteiger partial charge in [0.2, 0.25) is 0 Å². The maximum atomic E-state index is 5.13. The van der Waals surface area contributed by atoms with E-state index in [0.717, 1.165) is 11.3 Å². The monoisotopic (exact) mass is 228 g/mol. The molecule has 3 atom stereocenters. The first-order valence-corrected chi connectivity index (χ1v) is 6.12. The van der Waals surface area contributed by atoms with E-state index in [0.29, 0.717) is 18.0 Å². The first-order valence-electron chi connectivity index (χ1n) is 6.12. The molecule has 0 spiro atoms. The molecule has 2 bridgehead atoms. The number of hydrogen-bond acceptors (Lipinski definition) is 3. The van der Waals surface area contributed by atoms with Crippen molar-refractivity contribution in [3.05, 3.63) is 24.0 Å². The maximum Gasteiger partial charge on any atom is 0.138 e. The van der Waals surface area contributed by atoms with Crippen LogP contribution in [-0.4, -0.2) is 24.2 Å². The normalized spacial score (nSPS) is 29.8. The molecule has 1 N–H and O–H groups in total. The van der Waals surface area contributed by atoms with E-state index < -0.39 is 0 Å². The van der Waals surface area contributed by atoms with E-state index in [4.69, 9.17) is 4.74 Å². The Hall–Kier alpha value is -1.53. The maximum absolute atomic E-state index is 5.13. The third-order valence-corrected chi connectivity index (χ3v) is 3.65. The minimum absolute atomic E-state index is 0.514. The Kier molecular flexibility index (Phi) is 2.74. The van der Waals surface area contributed by atoms with Gasteiger partial charge in [0.1, 0.15) is 5.75 Å².